The minimum absolute atomic E-state index is 0.198. The summed E-state index contributed by atoms with van der Waals surface area (Å²) in [6.45, 7) is 7.67. The molecule has 8 nitrogen and oxygen atoms in total. The normalized spacial score (nSPS) is 24.9. The lowest BCUT2D eigenvalue weighted by molar-refractivity contribution is -0.136. The number of ether oxygens (including phenoxy) is 2. The first-order chi connectivity index (χ1) is 16.9. The van der Waals surface area contributed by atoms with Crippen LogP contribution in [0.15, 0.2) is 42.5 Å². The van der Waals surface area contributed by atoms with E-state index in [0.29, 0.717) is 30.9 Å². The van der Waals surface area contributed by atoms with Gasteiger partial charge >= 0.3 is 0 Å². The van der Waals surface area contributed by atoms with Crippen molar-refractivity contribution < 1.29 is 23.9 Å². The number of carbonyl (C=O) groups is 3. The van der Waals surface area contributed by atoms with Crippen LogP contribution in [0.25, 0.3) is 0 Å². The molecule has 2 saturated heterocycles. The summed E-state index contributed by atoms with van der Waals surface area (Å²) in [5.74, 6) is -0.257. The van der Waals surface area contributed by atoms with Gasteiger partial charge in [-0.2, -0.15) is 0 Å². The molecular formula is C27H31N3O5. The predicted molar refractivity (Wildman–Crippen MR) is 129 cm³/mol. The monoisotopic (exact) mass is 477 g/mol. The summed E-state index contributed by atoms with van der Waals surface area (Å²) < 4.78 is 11.9. The Morgan fingerprint density at radius 1 is 1.00 bits per heavy atom. The largest absolute Gasteiger partial charge is 0.489 e. The average molecular weight is 478 g/mol. The topological polar surface area (TPSA) is 88.2 Å². The van der Waals surface area contributed by atoms with Crippen LogP contribution in [0.1, 0.15) is 53.7 Å². The van der Waals surface area contributed by atoms with Crippen LogP contribution in [0.5, 0.6) is 5.75 Å². The Morgan fingerprint density at radius 2 is 1.71 bits per heavy atom. The fraction of sp³-hybridized carbons (Fsp3) is 0.444. The summed E-state index contributed by atoms with van der Waals surface area (Å²) in [5.41, 5.74) is 3.63. The molecule has 2 aromatic carbocycles. The summed E-state index contributed by atoms with van der Waals surface area (Å²) in [4.78, 5) is 40.7. The van der Waals surface area contributed by atoms with E-state index in [0.717, 1.165) is 30.8 Å². The molecule has 8 heteroatoms. The second-order valence-corrected chi connectivity index (χ2v) is 9.74. The molecule has 0 saturated carbocycles. The summed E-state index contributed by atoms with van der Waals surface area (Å²) >= 11 is 0. The van der Waals surface area contributed by atoms with Crippen molar-refractivity contribution in [1.82, 2.24) is 15.1 Å². The van der Waals surface area contributed by atoms with Gasteiger partial charge in [0.05, 0.1) is 18.8 Å². The summed E-state index contributed by atoms with van der Waals surface area (Å²) in [5, 5.41) is 2.34. The minimum Gasteiger partial charge on any atom is -0.489 e. The summed E-state index contributed by atoms with van der Waals surface area (Å²) in [7, 11) is 0. The third-order valence-corrected chi connectivity index (χ3v) is 6.86. The molecule has 3 aliphatic heterocycles. The molecule has 0 aliphatic carbocycles. The van der Waals surface area contributed by atoms with Crippen molar-refractivity contribution in [2.24, 2.45) is 0 Å². The number of imide groups is 1. The Balaban J connectivity index is 1.21. The van der Waals surface area contributed by atoms with Gasteiger partial charge in [0.2, 0.25) is 11.8 Å². The van der Waals surface area contributed by atoms with Crippen LogP contribution in [0.4, 0.5) is 0 Å². The Labute approximate surface area is 205 Å². The maximum atomic E-state index is 13.0. The highest BCUT2D eigenvalue weighted by atomic mass is 16.5. The second kappa shape index (κ2) is 9.79. The van der Waals surface area contributed by atoms with Gasteiger partial charge in [-0.15, -0.1) is 0 Å². The van der Waals surface area contributed by atoms with Crippen LogP contribution in [0, 0.1) is 0 Å². The van der Waals surface area contributed by atoms with Crippen molar-refractivity contribution in [1.29, 1.82) is 0 Å². The molecule has 3 heterocycles. The van der Waals surface area contributed by atoms with E-state index in [2.05, 4.69) is 48.3 Å². The Bertz CT molecular complexity index is 1120. The lowest BCUT2D eigenvalue weighted by Crippen LogP contribution is -2.52. The summed E-state index contributed by atoms with van der Waals surface area (Å²) in [6, 6.07) is 13.2. The number of hydrogen-bond acceptors (Lipinski definition) is 6. The van der Waals surface area contributed by atoms with Gasteiger partial charge in [-0.3, -0.25) is 24.6 Å². The fourth-order valence-electron chi connectivity index (χ4n) is 5.27. The third kappa shape index (κ3) is 5.09. The number of nitrogens with zero attached hydrogens (tertiary/aromatic N) is 2. The van der Waals surface area contributed by atoms with Crippen LogP contribution in [0.2, 0.25) is 0 Å². The van der Waals surface area contributed by atoms with E-state index < -0.39 is 11.9 Å². The lowest BCUT2D eigenvalue weighted by Gasteiger charge is -2.35. The SMILES string of the molecule is CC1CN(Cc2ccc(COc3cccc4c3CN(C3CCC(=O)NC3=O)C4=O)cc2)CC(C)O1. The van der Waals surface area contributed by atoms with Gasteiger partial charge in [-0.1, -0.05) is 30.3 Å². The third-order valence-electron chi connectivity index (χ3n) is 6.86. The van der Waals surface area contributed by atoms with Gasteiger partial charge in [0.15, 0.2) is 0 Å². The molecule has 35 heavy (non-hydrogen) atoms. The molecule has 3 unspecified atom stereocenters. The molecular weight excluding hydrogens is 446 g/mol. The highest BCUT2D eigenvalue weighted by molar-refractivity contribution is 6.05. The zero-order chi connectivity index (χ0) is 24.5. The first-order valence-corrected chi connectivity index (χ1v) is 12.2. The van der Waals surface area contributed by atoms with Gasteiger partial charge in [-0.25, -0.2) is 0 Å². The van der Waals surface area contributed by atoms with E-state index in [1.165, 1.54) is 5.56 Å². The van der Waals surface area contributed by atoms with Gasteiger partial charge in [0, 0.05) is 37.2 Å². The lowest BCUT2D eigenvalue weighted by atomic mass is 10.0. The van der Waals surface area contributed by atoms with Crippen molar-refractivity contribution in [2.75, 3.05) is 13.1 Å². The van der Waals surface area contributed by atoms with Crippen LogP contribution in [-0.4, -0.2) is 58.9 Å². The van der Waals surface area contributed by atoms with Crippen molar-refractivity contribution in [3.8, 4) is 5.75 Å². The molecule has 0 bridgehead atoms. The smallest absolute Gasteiger partial charge is 0.255 e. The standard InChI is InChI=1S/C27H31N3O5/c1-17-12-29(13-18(2)35-17)14-19-6-8-20(9-7-19)16-34-24-5-3-4-21-22(24)15-30(27(21)33)23-10-11-25(31)28-26(23)32/h3-9,17-18,23H,10-16H2,1-2H3,(H,28,31,32). The van der Waals surface area contributed by atoms with E-state index in [1.807, 2.05) is 6.07 Å². The number of hydrogen-bond donors (Lipinski definition) is 1. The van der Waals surface area contributed by atoms with Crippen molar-refractivity contribution >= 4 is 17.7 Å². The number of benzene rings is 2. The first-order valence-electron chi connectivity index (χ1n) is 12.2. The minimum atomic E-state index is -0.634. The van der Waals surface area contributed by atoms with Crippen LogP contribution in [-0.2, 0) is 34.0 Å². The van der Waals surface area contributed by atoms with E-state index in [1.54, 1.807) is 17.0 Å². The predicted octanol–water partition coefficient (Wildman–Crippen LogP) is 2.64. The Kier molecular flexibility index (Phi) is 6.58. The van der Waals surface area contributed by atoms with Crippen molar-refractivity contribution in [3.05, 3.63) is 64.7 Å². The molecule has 3 aliphatic rings. The van der Waals surface area contributed by atoms with Gasteiger partial charge in [0.1, 0.15) is 18.4 Å². The molecule has 2 aromatic rings. The molecule has 3 amide bonds. The quantitative estimate of drug-likeness (QED) is 0.644. The highest BCUT2D eigenvalue weighted by Crippen LogP contribution is 2.34. The second-order valence-electron chi connectivity index (χ2n) is 9.74. The number of carbonyl (C=O) groups excluding carboxylic acids is 3. The number of morpholine rings is 1. The molecule has 0 aromatic heterocycles. The molecule has 0 radical (unpaired) electrons. The highest BCUT2D eigenvalue weighted by Gasteiger charge is 2.40. The molecule has 1 N–H and O–H groups in total. The van der Waals surface area contributed by atoms with E-state index in [-0.39, 0.29) is 30.4 Å². The van der Waals surface area contributed by atoms with Crippen LogP contribution < -0.4 is 10.1 Å². The molecule has 0 spiro atoms. The molecule has 2 fully saturated rings. The van der Waals surface area contributed by atoms with E-state index in [4.69, 9.17) is 9.47 Å². The van der Waals surface area contributed by atoms with Gasteiger partial charge in [-0.05, 0) is 43.5 Å². The molecule has 3 atom stereocenters. The maximum absolute atomic E-state index is 13.0. The zero-order valence-corrected chi connectivity index (χ0v) is 20.2. The van der Waals surface area contributed by atoms with Crippen LogP contribution >= 0.6 is 0 Å². The van der Waals surface area contributed by atoms with Gasteiger partial charge < -0.3 is 14.4 Å². The number of rotatable bonds is 6. The fourth-order valence-corrected chi connectivity index (χ4v) is 5.27. The number of amides is 3. The zero-order valence-electron chi connectivity index (χ0n) is 20.2. The number of piperidine rings is 1. The summed E-state index contributed by atoms with van der Waals surface area (Å²) in [6.07, 6.45) is 1.07. The van der Waals surface area contributed by atoms with E-state index >= 15 is 0 Å². The average Bonchev–Trinajstić information content (AvgIpc) is 3.15. The molecule has 5 rings (SSSR count). The maximum Gasteiger partial charge on any atom is 0.255 e. The van der Waals surface area contributed by atoms with Gasteiger partial charge in [0.25, 0.3) is 5.91 Å². The Hall–Kier alpha value is -3.23. The van der Waals surface area contributed by atoms with Crippen molar-refractivity contribution in [2.45, 2.75) is 64.6 Å². The van der Waals surface area contributed by atoms with Crippen molar-refractivity contribution in [3.63, 3.8) is 0 Å². The van der Waals surface area contributed by atoms with E-state index in [9.17, 15) is 14.4 Å². The van der Waals surface area contributed by atoms with Crippen LogP contribution in [0.3, 0.4) is 0 Å². The Morgan fingerprint density at radius 3 is 2.43 bits per heavy atom. The number of nitrogens with one attached hydrogen (secondary N) is 1. The molecule has 184 valence electrons. The first kappa shape index (κ1) is 23.5. The number of fused-ring (bicyclic) bond motifs is 1.